The fraction of sp³-hybridized carbons (Fsp3) is 0.261. The molecule has 2 N–H and O–H groups in total. The summed E-state index contributed by atoms with van der Waals surface area (Å²) in [6, 6.07) is 9.87. The van der Waals surface area contributed by atoms with E-state index in [4.69, 9.17) is 38.4 Å². The molecule has 8 nitrogen and oxygen atoms in total. The van der Waals surface area contributed by atoms with Crippen LogP contribution in [-0.4, -0.2) is 62.6 Å². The number of imidazole rings is 1. The topological polar surface area (TPSA) is 98.4 Å². The lowest BCUT2D eigenvalue weighted by Gasteiger charge is -2.36. The van der Waals surface area contributed by atoms with E-state index < -0.39 is 11.9 Å². The maximum absolute atomic E-state index is 9.55. The van der Waals surface area contributed by atoms with E-state index in [0.717, 1.165) is 54.8 Å². The van der Waals surface area contributed by atoms with Crippen molar-refractivity contribution in [1.29, 1.82) is 0 Å². The Morgan fingerprint density at radius 2 is 1.73 bits per heavy atom. The Morgan fingerprint density at radius 3 is 2.30 bits per heavy atom. The van der Waals surface area contributed by atoms with Crippen molar-refractivity contribution in [2.24, 2.45) is 0 Å². The highest BCUT2D eigenvalue weighted by Gasteiger charge is 2.20. The largest absolute Gasteiger partial charge is 0.478 e. The Kier molecular flexibility index (Phi) is 8.32. The maximum Gasteiger partial charge on any atom is 0.328 e. The molecule has 3 heterocycles. The molecule has 0 aliphatic carbocycles. The number of halogens is 2. The summed E-state index contributed by atoms with van der Waals surface area (Å²) >= 11 is 12.3. The summed E-state index contributed by atoms with van der Waals surface area (Å²) in [6.07, 6.45) is 5.30. The molecule has 1 saturated heterocycles. The van der Waals surface area contributed by atoms with E-state index in [0.29, 0.717) is 17.2 Å². The lowest BCUT2D eigenvalue weighted by atomic mass is 10.2. The fourth-order valence-corrected chi connectivity index (χ4v) is 4.06. The second kappa shape index (κ2) is 11.2. The summed E-state index contributed by atoms with van der Waals surface area (Å²) < 4.78 is 2.11. The van der Waals surface area contributed by atoms with E-state index in [-0.39, 0.29) is 0 Å². The second-order valence-electron chi connectivity index (χ2n) is 7.52. The minimum absolute atomic E-state index is 0.558. The van der Waals surface area contributed by atoms with E-state index in [2.05, 4.69) is 45.7 Å². The number of nitrogens with zero attached hydrogens (tertiary/aromatic N) is 4. The molecule has 0 spiro atoms. The van der Waals surface area contributed by atoms with Crippen molar-refractivity contribution in [2.75, 3.05) is 31.1 Å². The van der Waals surface area contributed by atoms with E-state index in [1.165, 1.54) is 5.56 Å². The predicted molar refractivity (Wildman–Crippen MR) is 128 cm³/mol. The number of aromatic nitrogens is 2. The molecule has 174 valence electrons. The average molecular weight is 491 g/mol. The summed E-state index contributed by atoms with van der Waals surface area (Å²) in [5, 5.41) is 17.0. The molecule has 1 aliphatic rings. The number of carbonyl (C=O) groups is 2. The number of hydrogen-bond donors (Lipinski definition) is 2. The van der Waals surface area contributed by atoms with Gasteiger partial charge in [0.25, 0.3) is 0 Å². The molecule has 1 aliphatic heterocycles. The number of anilines is 1. The zero-order valence-corrected chi connectivity index (χ0v) is 19.5. The Labute approximate surface area is 201 Å². The van der Waals surface area contributed by atoms with Crippen LogP contribution >= 0.6 is 23.2 Å². The van der Waals surface area contributed by atoms with Gasteiger partial charge in [-0.1, -0.05) is 29.3 Å². The van der Waals surface area contributed by atoms with E-state index in [9.17, 15) is 9.59 Å². The highest BCUT2D eigenvalue weighted by atomic mass is 35.5. The number of carboxylic acids is 2. The minimum atomic E-state index is -1.26. The fourth-order valence-electron chi connectivity index (χ4n) is 3.54. The van der Waals surface area contributed by atoms with Crippen molar-refractivity contribution >= 4 is 46.5 Å². The van der Waals surface area contributed by atoms with Gasteiger partial charge in [-0.25, -0.2) is 14.6 Å². The molecule has 0 saturated carbocycles. The first kappa shape index (κ1) is 24.6. The van der Waals surface area contributed by atoms with Crippen LogP contribution in [0.5, 0.6) is 0 Å². The van der Waals surface area contributed by atoms with Crippen LogP contribution in [0.1, 0.15) is 11.3 Å². The molecule has 2 aromatic heterocycles. The van der Waals surface area contributed by atoms with Gasteiger partial charge >= 0.3 is 11.9 Å². The van der Waals surface area contributed by atoms with E-state index in [1.807, 2.05) is 18.2 Å². The molecule has 0 radical (unpaired) electrons. The monoisotopic (exact) mass is 490 g/mol. The average Bonchev–Trinajstić information content (AvgIpc) is 3.17. The number of aliphatic carboxylic acids is 2. The summed E-state index contributed by atoms with van der Waals surface area (Å²) in [5.74, 6) is -2.51. The molecular formula is C23H24Cl2N4O4. The molecule has 0 bridgehead atoms. The van der Waals surface area contributed by atoms with Crippen molar-refractivity contribution in [3.8, 4) is 0 Å². The molecule has 10 heteroatoms. The van der Waals surface area contributed by atoms with Crippen LogP contribution in [0, 0.1) is 6.92 Å². The van der Waals surface area contributed by atoms with Gasteiger partial charge in [-0.2, -0.15) is 0 Å². The van der Waals surface area contributed by atoms with Gasteiger partial charge in [0.15, 0.2) is 0 Å². The van der Waals surface area contributed by atoms with Crippen LogP contribution in [0.2, 0.25) is 10.0 Å². The van der Waals surface area contributed by atoms with Gasteiger partial charge in [0.1, 0.15) is 5.65 Å². The van der Waals surface area contributed by atoms with E-state index >= 15 is 0 Å². The molecule has 0 atom stereocenters. The van der Waals surface area contributed by atoms with Crippen molar-refractivity contribution in [1.82, 2.24) is 14.3 Å². The highest BCUT2D eigenvalue weighted by Crippen LogP contribution is 2.29. The van der Waals surface area contributed by atoms with Gasteiger partial charge < -0.3 is 19.5 Å². The molecule has 0 amide bonds. The molecule has 1 aromatic carbocycles. The summed E-state index contributed by atoms with van der Waals surface area (Å²) in [5.41, 5.74) is 4.43. The number of aryl methyl sites for hydroxylation is 1. The third-order valence-corrected chi connectivity index (χ3v) is 5.64. The second-order valence-corrected chi connectivity index (χ2v) is 8.37. The summed E-state index contributed by atoms with van der Waals surface area (Å²) in [4.78, 5) is 28.7. The molecule has 4 rings (SSSR count). The first-order chi connectivity index (χ1) is 15.7. The number of piperazine rings is 1. The third-order valence-electron chi connectivity index (χ3n) is 5.10. The van der Waals surface area contributed by atoms with Gasteiger partial charge in [0.05, 0.1) is 16.4 Å². The van der Waals surface area contributed by atoms with Crippen LogP contribution in [0.4, 0.5) is 5.69 Å². The molecule has 0 unspecified atom stereocenters. The first-order valence-electron chi connectivity index (χ1n) is 10.2. The lowest BCUT2D eigenvalue weighted by Crippen LogP contribution is -2.46. The Morgan fingerprint density at radius 1 is 1.06 bits per heavy atom. The van der Waals surface area contributed by atoms with Crippen molar-refractivity contribution < 1.29 is 19.8 Å². The van der Waals surface area contributed by atoms with Gasteiger partial charge in [0, 0.05) is 62.3 Å². The number of fused-ring (bicyclic) bond motifs is 1. The maximum atomic E-state index is 9.55. The number of rotatable bonds is 5. The van der Waals surface area contributed by atoms with Gasteiger partial charge in [-0.15, -0.1) is 0 Å². The SMILES string of the molecule is Cc1cccn2cc(CN3CCN(c4ccc(Cl)cc4Cl)CC3)nc12.O=C(O)/C=C\C(=O)O. The lowest BCUT2D eigenvalue weighted by molar-refractivity contribution is -0.134. The standard InChI is InChI=1S/C19H20Cl2N4.C4H4O4/c1-14-3-2-6-25-13-16(22-19(14)25)12-23-7-9-24(10-8-23)18-5-4-15(20)11-17(18)21;5-3(6)1-2-4(7)8/h2-6,11,13H,7-10,12H2,1H3;1-2H,(H,5,6)(H,7,8)/b;2-1-. The van der Waals surface area contributed by atoms with E-state index in [1.54, 1.807) is 0 Å². The number of hydrogen-bond acceptors (Lipinski definition) is 5. The Bertz CT molecular complexity index is 1150. The zero-order valence-electron chi connectivity index (χ0n) is 18.0. The Balaban J connectivity index is 0.000000331. The van der Waals surface area contributed by atoms with Gasteiger partial charge in [0.2, 0.25) is 0 Å². The summed E-state index contributed by atoms with van der Waals surface area (Å²) in [6.45, 7) is 6.86. The highest BCUT2D eigenvalue weighted by molar-refractivity contribution is 6.36. The first-order valence-corrected chi connectivity index (χ1v) is 11.0. The number of carboxylic acid groups (broad SMARTS) is 2. The quantitative estimate of drug-likeness (QED) is 0.521. The Hall–Kier alpha value is -3.07. The summed E-state index contributed by atoms with van der Waals surface area (Å²) in [7, 11) is 0. The van der Waals surface area contributed by atoms with Gasteiger partial charge in [-0.3, -0.25) is 4.90 Å². The van der Waals surface area contributed by atoms with Crippen LogP contribution in [0.3, 0.4) is 0 Å². The number of pyridine rings is 1. The number of benzene rings is 1. The third kappa shape index (κ3) is 6.95. The smallest absolute Gasteiger partial charge is 0.328 e. The van der Waals surface area contributed by atoms with Crippen molar-refractivity contribution in [3.63, 3.8) is 0 Å². The zero-order chi connectivity index (χ0) is 24.0. The molecule has 33 heavy (non-hydrogen) atoms. The minimum Gasteiger partial charge on any atom is -0.478 e. The predicted octanol–water partition coefficient (Wildman–Crippen LogP) is 3.98. The molecule has 1 fully saturated rings. The van der Waals surface area contributed by atoms with Crippen LogP contribution in [0.25, 0.3) is 5.65 Å². The molecular weight excluding hydrogens is 467 g/mol. The van der Waals surface area contributed by atoms with Crippen LogP contribution in [0.15, 0.2) is 54.9 Å². The van der Waals surface area contributed by atoms with Gasteiger partial charge in [-0.05, 0) is 36.8 Å². The molecule has 3 aromatic rings. The normalized spacial score (nSPS) is 14.3. The van der Waals surface area contributed by atoms with Crippen molar-refractivity contribution in [2.45, 2.75) is 13.5 Å². The van der Waals surface area contributed by atoms with Crippen LogP contribution in [-0.2, 0) is 16.1 Å². The van der Waals surface area contributed by atoms with Crippen molar-refractivity contribution in [3.05, 3.63) is 76.2 Å². The van der Waals surface area contributed by atoms with Crippen LogP contribution < -0.4 is 4.90 Å².